The van der Waals surface area contributed by atoms with E-state index in [0.717, 1.165) is 16.0 Å². The van der Waals surface area contributed by atoms with Gasteiger partial charge in [-0.05, 0) is 62.4 Å². The van der Waals surface area contributed by atoms with Gasteiger partial charge in [0.25, 0.3) is 5.91 Å². The summed E-state index contributed by atoms with van der Waals surface area (Å²) in [6.07, 6.45) is 1.57. The molecule has 0 bridgehead atoms. The molecular weight excluding hydrogens is 450 g/mol. The number of guanidine groups is 1. The first-order chi connectivity index (χ1) is 16.6. The molecule has 0 radical (unpaired) electrons. The molecule has 0 saturated heterocycles. The normalized spacial score (nSPS) is 15.6. The van der Waals surface area contributed by atoms with Crippen molar-refractivity contribution in [2.24, 2.45) is 4.99 Å². The molecule has 1 aliphatic rings. The largest absolute Gasteiger partial charge is 0.494 e. The summed E-state index contributed by atoms with van der Waals surface area (Å²) in [4.78, 5) is 22.7. The van der Waals surface area contributed by atoms with Crippen LogP contribution in [0, 0.1) is 0 Å². The Labute approximate surface area is 200 Å². The zero-order chi connectivity index (χ0) is 23.5. The summed E-state index contributed by atoms with van der Waals surface area (Å²) < 4.78 is 12.2. The number of allylic oxidation sites excluding steroid dienone is 1. The van der Waals surface area contributed by atoms with E-state index in [4.69, 9.17) is 14.1 Å². The fourth-order valence-electron chi connectivity index (χ4n) is 3.71. The number of aliphatic imine (C=N–C) groups is 1. The van der Waals surface area contributed by atoms with Crippen molar-refractivity contribution < 1.29 is 13.9 Å². The minimum atomic E-state index is -0.615. The highest BCUT2D eigenvalue weighted by molar-refractivity contribution is 7.22. The lowest BCUT2D eigenvalue weighted by molar-refractivity contribution is -0.113. The number of thiazole rings is 1. The third kappa shape index (κ3) is 4.51. The Morgan fingerprint density at radius 3 is 2.71 bits per heavy atom. The lowest BCUT2D eigenvalue weighted by atomic mass is 10.0. The number of aromatic nitrogens is 1. The number of anilines is 2. The van der Waals surface area contributed by atoms with Gasteiger partial charge >= 0.3 is 0 Å². The summed E-state index contributed by atoms with van der Waals surface area (Å²) >= 11 is 1.53. The molecule has 9 heteroatoms. The van der Waals surface area contributed by atoms with E-state index in [1.165, 1.54) is 11.3 Å². The van der Waals surface area contributed by atoms with E-state index >= 15 is 0 Å². The summed E-state index contributed by atoms with van der Waals surface area (Å²) in [7, 11) is 0. The van der Waals surface area contributed by atoms with Gasteiger partial charge in [0.1, 0.15) is 17.6 Å². The van der Waals surface area contributed by atoms with Crippen molar-refractivity contribution in [2.75, 3.05) is 17.2 Å². The average molecular weight is 474 g/mol. The van der Waals surface area contributed by atoms with Crippen LogP contribution >= 0.6 is 11.3 Å². The smallest absolute Gasteiger partial charge is 0.256 e. The van der Waals surface area contributed by atoms with Crippen molar-refractivity contribution in [3.8, 4) is 5.75 Å². The zero-order valence-corrected chi connectivity index (χ0v) is 19.5. The van der Waals surface area contributed by atoms with Crippen LogP contribution in [0.2, 0.25) is 0 Å². The zero-order valence-electron chi connectivity index (χ0n) is 18.7. The van der Waals surface area contributed by atoms with Crippen LogP contribution in [0.5, 0.6) is 5.75 Å². The maximum atomic E-state index is 13.3. The van der Waals surface area contributed by atoms with Gasteiger partial charge in [0.2, 0.25) is 5.96 Å². The predicted molar refractivity (Wildman–Crippen MR) is 134 cm³/mol. The first-order valence-electron chi connectivity index (χ1n) is 10.9. The van der Waals surface area contributed by atoms with Crippen molar-refractivity contribution in [3.05, 3.63) is 84.0 Å². The number of carbonyl (C=O) groups is 1. The van der Waals surface area contributed by atoms with E-state index in [0.29, 0.717) is 40.4 Å². The molecule has 2 aromatic carbocycles. The maximum absolute atomic E-state index is 13.3. The van der Waals surface area contributed by atoms with Crippen molar-refractivity contribution in [1.82, 2.24) is 10.3 Å². The van der Waals surface area contributed by atoms with Crippen LogP contribution in [-0.4, -0.2) is 23.5 Å². The van der Waals surface area contributed by atoms with Gasteiger partial charge in [-0.1, -0.05) is 23.5 Å². The molecule has 5 rings (SSSR count). The Kier molecular flexibility index (Phi) is 6.01. The second-order valence-electron chi connectivity index (χ2n) is 7.58. The number of fused-ring (bicyclic) bond motifs is 1. The monoisotopic (exact) mass is 473 g/mol. The molecule has 2 aromatic heterocycles. The standard InChI is InChI=1S/C25H23N5O3S/c1-3-32-17-12-10-16(11-13-17)27-23(31)21-15(2)26-24(29-22(21)19-8-6-14-33-19)30-25-28-18-7-4-5-9-20(18)34-25/h4-14,22H,3H2,1-2H3,(H,27,31)(H2,26,28,29,30). The van der Waals surface area contributed by atoms with Gasteiger partial charge in [-0.2, -0.15) is 0 Å². The number of hydrogen-bond acceptors (Lipinski definition) is 8. The van der Waals surface area contributed by atoms with E-state index in [1.54, 1.807) is 24.5 Å². The van der Waals surface area contributed by atoms with Crippen molar-refractivity contribution in [1.29, 1.82) is 0 Å². The number of nitrogens with zero attached hydrogens (tertiary/aromatic N) is 2. The second kappa shape index (κ2) is 9.40. The molecule has 1 amide bonds. The predicted octanol–water partition coefficient (Wildman–Crippen LogP) is 5.31. The van der Waals surface area contributed by atoms with Gasteiger partial charge in [0, 0.05) is 11.4 Å². The van der Waals surface area contributed by atoms with Crippen molar-refractivity contribution >= 4 is 44.2 Å². The highest BCUT2D eigenvalue weighted by Crippen LogP contribution is 2.33. The Bertz CT molecular complexity index is 1340. The summed E-state index contributed by atoms with van der Waals surface area (Å²) in [6.45, 7) is 4.35. The molecule has 1 atom stereocenters. The van der Waals surface area contributed by atoms with E-state index in [1.807, 2.05) is 56.3 Å². The molecular formula is C25H23N5O3S. The minimum Gasteiger partial charge on any atom is -0.494 e. The van der Waals surface area contributed by atoms with E-state index in [2.05, 4.69) is 20.9 Å². The number of para-hydroxylation sites is 1. The molecule has 0 fully saturated rings. The highest BCUT2D eigenvalue weighted by Gasteiger charge is 2.31. The van der Waals surface area contributed by atoms with Crippen molar-refractivity contribution in [2.45, 2.75) is 19.9 Å². The van der Waals surface area contributed by atoms with E-state index in [-0.39, 0.29) is 5.91 Å². The molecule has 0 aliphatic carbocycles. The number of amides is 1. The summed E-state index contributed by atoms with van der Waals surface area (Å²) in [5.41, 5.74) is 2.72. The molecule has 3 heterocycles. The molecule has 1 unspecified atom stereocenters. The lowest BCUT2D eigenvalue weighted by Crippen LogP contribution is -2.37. The quantitative estimate of drug-likeness (QED) is 0.351. The Balaban J connectivity index is 1.40. The summed E-state index contributed by atoms with van der Waals surface area (Å²) in [5, 5.41) is 10.1. The summed E-state index contributed by atoms with van der Waals surface area (Å²) in [6, 6.07) is 18.2. The van der Waals surface area contributed by atoms with Crippen LogP contribution in [0.25, 0.3) is 10.2 Å². The van der Waals surface area contributed by atoms with Gasteiger partial charge in [-0.15, -0.1) is 0 Å². The first kappa shape index (κ1) is 21.7. The number of nitrogens with one attached hydrogen (secondary N) is 3. The molecule has 8 nitrogen and oxygen atoms in total. The van der Waals surface area contributed by atoms with E-state index in [9.17, 15) is 4.79 Å². The number of carbonyl (C=O) groups excluding carboxylic acids is 1. The van der Waals surface area contributed by atoms with Crippen LogP contribution < -0.4 is 20.7 Å². The Morgan fingerprint density at radius 1 is 1.15 bits per heavy atom. The number of ether oxygens (including phenoxy) is 1. The van der Waals surface area contributed by atoms with Crippen LogP contribution in [0.1, 0.15) is 25.6 Å². The van der Waals surface area contributed by atoms with Crippen LogP contribution in [0.15, 0.2) is 87.6 Å². The van der Waals surface area contributed by atoms with Gasteiger partial charge in [0.05, 0.1) is 28.7 Å². The molecule has 172 valence electrons. The van der Waals surface area contributed by atoms with E-state index < -0.39 is 6.04 Å². The van der Waals surface area contributed by atoms with Crippen LogP contribution in [0.4, 0.5) is 10.8 Å². The molecule has 34 heavy (non-hydrogen) atoms. The topological polar surface area (TPSA) is 101 Å². The fraction of sp³-hybridized carbons (Fsp3) is 0.160. The second-order valence-corrected chi connectivity index (χ2v) is 8.61. The fourth-order valence-corrected chi connectivity index (χ4v) is 4.58. The minimum absolute atomic E-state index is 0.265. The SMILES string of the molecule is CCOc1ccc(NC(=O)C2=C(C)NC(Nc3nc4ccccc4s3)=NC2c2ccco2)cc1. The molecule has 4 aromatic rings. The summed E-state index contributed by atoms with van der Waals surface area (Å²) in [5.74, 6) is 1.55. The molecule has 0 spiro atoms. The average Bonchev–Trinajstić information content (AvgIpc) is 3.50. The lowest BCUT2D eigenvalue weighted by Gasteiger charge is -2.25. The molecule has 3 N–H and O–H groups in total. The van der Waals surface area contributed by atoms with Gasteiger partial charge in [-0.25, -0.2) is 9.98 Å². The van der Waals surface area contributed by atoms with Gasteiger partial charge in [0.15, 0.2) is 5.13 Å². The first-order valence-corrected chi connectivity index (χ1v) is 11.7. The third-order valence-corrected chi connectivity index (χ3v) is 6.19. The van der Waals surface area contributed by atoms with Gasteiger partial charge < -0.3 is 25.1 Å². The third-order valence-electron chi connectivity index (χ3n) is 5.24. The maximum Gasteiger partial charge on any atom is 0.256 e. The van der Waals surface area contributed by atoms with Crippen molar-refractivity contribution in [3.63, 3.8) is 0 Å². The number of benzene rings is 2. The van der Waals surface area contributed by atoms with Gasteiger partial charge in [-0.3, -0.25) is 4.79 Å². The van der Waals surface area contributed by atoms with Crippen LogP contribution in [0.3, 0.4) is 0 Å². The number of furan rings is 1. The number of hydrogen-bond donors (Lipinski definition) is 3. The Hall–Kier alpha value is -4.11. The number of rotatable bonds is 6. The molecule has 1 aliphatic heterocycles. The Morgan fingerprint density at radius 2 is 1.97 bits per heavy atom. The van der Waals surface area contributed by atoms with Crippen LogP contribution in [-0.2, 0) is 4.79 Å². The highest BCUT2D eigenvalue weighted by atomic mass is 32.1. The molecule has 0 saturated carbocycles.